The van der Waals surface area contributed by atoms with Crippen molar-refractivity contribution in [1.29, 1.82) is 0 Å². The third-order valence-corrected chi connectivity index (χ3v) is 3.40. The van der Waals surface area contributed by atoms with Gasteiger partial charge in [0, 0.05) is 12.1 Å². The lowest BCUT2D eigenvalue weighted by Gasteiger charge is -2.33. The second-order valence-electron chi connectivity index (χ2n) is 4.88. The van der Waals surface area contributed by atoms with Crippen molar-refractivity contribution in [3.8, 4) is 0 Å². The van der Waals surface area contributed by atoms with Crippen LogP contribution in [-0.2, 0) is 0 Å². The second kappa shape index (κ2) is 5.72. The molecule has 0 heterocycles. The summed E-state index contributed by atoms with van der Waals surface area (Å²) in [5, 5.41) is 13.4. The molecule has 1 aliphatic rings. The topological polar surface area (TPSA) is 32.3 Å². The summed E-state index contributed by atoms with van der Waals surface area (Å²) in [7, 11) is 0. The Balaban J connectivity index is 2.39. The molecule has 0 saturated heterocycles. The molecular formula is C12H25NO. The van der Waals surface area contributed by atoms with E-state index in [9.17, 15) is 5.11 Å². The van der Waals surface area contributed by atoms with Gasteiger partial charge < -0.3 is 10.4 Å². The first-order chi connectivity index (χ1) is 6.65. The Morgan fingerprint density at radius 3 is 2.43 bits per heavy atom. The molecule has 1 saturated carbocycles. The fraction of sp³-hybridized carbons (Fsp3) is 1.00. The van der Waals surface area contributed by atoms with Crippen LogP contribution in [0.1, 0.15) is 52.9 Å². The predicted octanol–water partition coefficient (Wildman–Crippen LogP) is 2.31. The largest absolute Gasteiger partial charge is 0.392 e. The standard InChI is InChI=1S/C12H25NO/c1-4-10(9(2)3)13-11-7-5-6-8-12(11)14/h9-14H,4-8H2,1-3H3/t10?,11-,12-/m0/s1. The normalized spacial score (nSPS) is 30.6. The number of rotatable bonds is 4. The Morgan fingerprint density at radius 2 is 1.93 bits per heavy atom. The molecule has 1 fully saturated rings. The molecule has 1 rings (SSSR count). The number of aliphatic hydroxyl groups excluding tert-OH is 1. The third kappa shape index (κ3) is 3.25. The molecule has 0 aliphatic heterocycles. The first kappa shape index (κ1) is 12.0. The monoisotopic (exact) mass is 199 g/mol. The summed E-state index contributed by atoms with van der Waals surface area (Å²) >= 11 is 0. The van der Waals surface area contributed by atoms with Gasteiger partial charge in [0.1, 0.15) is 0 Å². The smallest absolute Gasteiger partial charge is 0.0693 e. The molecule has 0 amide bonds. The van der Waals surface area contributed by atoms with Crippen molar-refractivity contribution in [1.82, 2.24) is 5.32 Å². The molecule has 0 aromatic rings. The molecule has 0 aromatic carbocycles. The van der Waals surface area contributed by atoms with Gasteiger partial charge in [-0.05, 0) is 25.2 Å². The zero-order valence-corrected chi connectivity index (χ0v) is 9.79. The van der Waals surface area contributed by atoms with E-state index >= 15 is 0 Å². The summed E-state index contributed by atoms with van der Waals surface area (Å²) in [5.41, 5.74) is 0. The van der Waals surface area contributed by atoms with Crippen molar-refractivity contribution in [2.24, 2.45) is 5.92 Å². The summed E-state index contributed by atoms with van der Waals surface area (Å²) in [6, 6.07) is 0.906. The molecule has 2 nitrogen and oxygen atoms in total. The summed E-state index contributed by atoms with van der Waals surface area (Å²) in [6.07, 6.45) is 5.62. The molecule has 0 spiro atoms. The summed E-state index contributed by atoms with van der Waals surface area (Å²) in [6.45, 7) is 6.71. The highest BCUT2D eigenvalue weighted by atomic mass is 16.3. The molecule has 0 radical (unpaired) electrons. The minimum absolute atomic E-state index is 0.114. The highest BCUT2D eigenvalue weighted by molar-refractivity contribution is 4.84. The maximum atomic E-state index is 9.83. The van der Waals surface area contributed by atoms with E-state index in [1.807, 2.05) is 0 Å². The first-order valence-corrected chi connectivity index (χ1v) is 6.09. The van der Waals surface area contributed by atoms with Crippen molar-refractivity contribution >= 4 is 0 Å². The summed E-state index contributed by atoms with van der Waals surface area (Å²) < 4.78 is 0. The maximum absolute atomic E-state index is 9.83. The van der Waals surface area contributed by atoms with Crippen LogP contribution in [0, 0.1) is 5.92 Å². The Morgan fingerprint density at radius 1 is 1.29 bits per heavy atom. The Hall–Kier alpha value is -0.0800. The van der Waals surface area contributed by atoms with Crippen LogP contribution in [0.3, 0.4) is 0 Å². The number of hydrogen-bond acceptors (Lipinski definition) is 2. The van der Waals surface area contributed by atoms with E-state index in [2.05, 4.69) is 26.1 Å². The van der Waals surface area contributed by atoms with Crippen LogP contribution in [0.25, 0.3) is 0 Å². The van der Waals surface area contributed by atoms with Gasteiger partial charge in [0.05, 0.1) is 6.10 Å². The van der Waals surface area contributed by atoms with Gasteiger partial charge >= 0.3 is 0 Å². The minimum atomic E-state index is -0.114. The van der Waals surface area contributed by atoms with E-state index < -0.39 is 0 Å². The third-order valence-electron chi connectivity index (χ3n) is 3.40. The van der Waals surface area contributed by atoms with Crippen molar-refractivity contribution in [2.45, 2.75) is 71.1 Å². The molecule has 84 valence electrons. The summed E-state index contributed by atoms with van der Waals surface area (Å²) in [5.74, 6) is 0.661. The molecule has 2 heteroatoms. The molecule has 0 aromatic heterocycles. The van der Waals surface area contributed by atoms with Crippen molar-refractivity contribution < 1.29 is 5.11 Å². The van der Waals surface area contributed by atoms with E-state index in [1.165, 1.54) is 12.8 Å². The molecule has 14 heavy (non-hydrogen) atoms. The van der Waals surface area contributed by atoms with Crippen LogP contribution in [0.15, 0.2) is 0 Å². The number of hydrogen-bond donors (Lipinski definition) is 2. The van der Waals surface area contributed by atoms with Crippen molar-refractivity contribution in [3.63, 3.8) is 0 Å². The SMILES string of the molecule is CCC(N[C@H]1CCCC[C@@H]1O)C(C)C. The maximum Gasteiger partial charge on any atom is 0.0693 e. The lowest BCUT2D eigenvalue weighted by molar-refractivity contribution is 0.0806. The van der Waals surface area contributed by atoms with E-state index in [-0.39, 0.29) is 6.10 Å². The number of aliphatic hydroxyl groups is 1. The van der Waals surface area contributed by atoms with Gasteiger partial charge in [-0.1, -0.05) is 33.6 Å². The Labute approximate surface area is 88.1 Å². The predicted molar refractivity (Wildman–Crippen MR) is 60.3 cm³/mol. The highest BCUT2D eigenvalue weighted by Crippen LogP contribution is 2.20. The van der Waals surface area contributed by atoms with E-state index in [0.717, 1.165) is 19.3 Å². The fourth-order valence-corrected chi connectivity index (χ4v) is 2.36. The van der Waals surface area contributed by atoms with E-state index in [0.29, 0.717) is 18.0 Å². The molecule has 1 aliphatic carbocycles. The van der Waals surface area contributed by atoms with Crippen LogP contribution in [-0.4, -0.2) is 23.3 Å². The molecule has 3 atom stereocenters. The zero-order valence-electron chi connectivity index (χ0n) is 9.79. The van der Waals surface area contributed by atoms with Gasteiger partial charge in [-0.3, -0.25) is 0 Å². The highest BCUT2D eigenvalue weighted by Gasteiger charge is 2.25. The van der Waals surface area contributed by atoms with E-state index in [1.54, 1.807) is 0 Å². The van der Waals surface area contributed by atoms with Gasteiger partial charge in [-0.25, -0.2) is 0 Å². The average Bonchev–Trinajstić information content (AvgIpc) is 2.16. The van der Waals surface area contributed by atoms with Gasteiger partial charge in [0.2, 0.25) is 0 Å². The Kier molecular flexibility index (Phi) is 4.90. The molecule has 0 bridgehead atoms. The van der Waals surface area contributed by atoms with Crippen LogP contribution < -0.4 is 5.32 Å². The lowest BCUT2D eigenvalue weighted by Crippen LogP contribution is -2.48. The summed E-state index contributed by atoms with van der Waals surface area (Å²) in [4.78, 5) is 0. The van der Waals surface area contributed by atoms with E-state index in [4.69, 9.17) is 0 Å². The fourth-order valence-electron chi connectivity index (χ4n) is 2.36. The van der Waals surface area contributed by atoms with Crippen LogP contribution in [0.2, 0.25) is 0 Å². The Bertz CT molecular complexity index is 158. The molecule has 1 unspecified atom stereocenters. The van der Waals surface area contributed by atoms with Crippen LogP contribution in [0.4, 0.5) is 0 Å². The van der Waals surface area contributed by atoms with Crippen LogP contribution in [0.5, 0.6) is 0 Å². The quantitative estimate of drug-likeness (QED) is 0.728. The molecular weight excluding hydrogens is 174 g/mol. The molecule has 2 N–H and O–H groups in total. The first-order valence-electron chi connectivity index (χ1n) is 6.09. The van der Waals surface area contributed by atoms with Gasteiger partial charge in [0.25, 0.3) is 0 Å². The van der Waals surface area contributed by atoms with Crippen molar-refractivity contribution in [3.05, 3.63) is 0 Å². The lowest BCUT2D eigenvalue weighted by atomic mass is 9.90. The number of nitrogens with one attached hydrogen (secondary N) is 1. The van der Waals surface area contributed by atoms with Crippen LogP contribution >= 0.6 is 0 Å². The minimum Gasteiger partial charge on any atom is -0.392 e. The second-order valence-corrected chi connectivity index (χ2v) is 4.88. The van der Waals surface area contributed by atoms with Gasteiger partial charge in [-0.15, -0.1) is 0 Å². The van der Waals surface area contributed by atoms with Crippen molar-refractivity contribution in [2.75, 3.05) is 0 Å². The zero-order chi connectivity index (χ0) is 10.6. The van der Waals surface area contributed by atoms with Gasteiger partial charge in [-0.2, -0.15) is 0 Å². The van der Waals surface area contributed by atoms with Gasteiger partial charge in [0.15, 0.2) is 0 Å². The average molecular weight is 199 g/mol.